The fraction of sp³-hybridized carbons (Fsp3) is 0.750. The second-order valence-corrected chi connectivity index (χ2v) is 2.84. The molecule has 0 N–H and O–H groups in total. The van der Waals surface area contributed by atoms with Crippen LogP contribution in [0.3, 0.4) is 0 Å². The summed E-state index contributed by atoms with van der Waals surface area (Å²) < 4.78 is 0. The van der Waals surface area contributed by atoms with Gasteiger partial charge < -0.3 is 4.90 Å². The van der Waals surface area contributed by atoms with Crippen LogP contribution >= 0.6 is 0 Å². The van der Waals surface area contributed by atoms with Gasteiger partial charge >= 0.3 is 0 Å². The molecule has 1 heterocycles. The second kappa shape index (κ2) is 3.74. The summed E-state index contributed by atoms with van der Waals surface area (Å²) in [7, 11) is 2.16. The van der Waals surface area contributed by atoms with Gasteiger partial charge in [-0.25, -0.2) is 0 Å². The van der Waals surface area contributed by atoms with E-state index in [4.69, 9.17) is 6.58 Å². The van der Waals surface area contributed by atoms with E-state index in [0.29, 0.717) is 0 Å². The number of hydrogen-bond donors (Lipinski definition) is 0. The van der Waals surface area contributed by atoms with E-state index in [2.05, 4.69) is 16.8 Å². The zero-order valence-electron chi connectivity index (χ0n) is 6.58. The number of rotatable bonds is 2. The van der Waals surface area contributed by atoms with Gasteiger partial charge in [0.05, 0.1) is 0 Å². The van der Waals surface area contributed by atoms with Crippen LogP contribution in [0.4, 0.5) is 0 Å². The predicted molar refractivity (Wildman–Crippen MR) is 42.8 cm³/mol. The van der Waals surface area contributed by atoms with Gasteiger partial charge in [0.1, 0.15) is 0 Å². The van der Waals surface area contributed by atoms with Crippen LogP contribution in [0.5, 0.6) is 0 Å². The Morgan fingerprint density at radius 2 is 1.90 bits per heavy atom. The van der Waals surface area contributed by atoms with Crippen molar-refractivity contribution in [2.75, 3.05) is 39.8 Å². The topological polar surface area (TPSA) is 6.48 Å². The van der Waals surface area contributed by atoms with Gasteiger partial charge in [0, 0.05) is 32.7 Å². The number of hydrogen-bond acceptors (Lipinski definition) is 2. The highest BCUT2D eigenvalue weighted by atomic mass is 15.2. The Hall–Kier alpha value is -0.340. The highest BCUT2D eigenvalue weighted by molar-refractivity contribution is 4.75. The molecule has 0 aromatic rings. The molecule has 57 valence electrons. The van der Waals surface area contributed by atoms with Gasteiger partial charge in [-0.2, -0.15) is 0 Å². The maximum Gasteiger partial charge on any atom is 0.0167 e. The average molecular weight is 139 g/mol. The molecule has 0 unspecified atom stereocenters. The third kappa shape index (κ3) is 2.12. The molecule has 0 bridgehead atoms. The number of likely N-dealkylation sites (N-methyl/N-ethyl adjacent to an activating group) is 1. The monoisotopic (exact) mass is 139 g/mol. The normalized spacial score (nSPS) is 22.9. The molecule has 0 amide bonds. The molecule has 1 fully saturated rings. The van der Waals surface area contributed by atoms with E-state index in [1.54, 1.807) is 6.08 Å². The summed E-state index contributed by atoms with van der Waals surface area (Å²) >= 11 is 0. The summed E-state index contributed by atoms with van der Waals surface area (Å²) in [6, 6.07) is 0. The molecule has 0 atom stereocenters. The van der Waals surface area contributed by atoms with Crippen molar-refractivity contribution in [3.63, 3.8) is 0 Å². The Morgan fingerprint density at radius 3 is 2.40 bits per heavy atom. The Balaban J connectivity index is 2.19. The molecule has 1 aliphatic heterocycles. The molecule has 0 aliphatic carbocycles. The Kier molecular flexibility index (Phi) is 2.90. The van der Waals surface area contributed by atoms with Crippen LogP contribution in [-0.2, 0) is 0 Å². The van der Waals surface area contributed by atoms with E-state index in [1.165, 1.54) is 13.1 Å². The van der Waals surface area contributed by atoms with Crippen LogP contribution in [0.25, 0.3) is 0 Å². The first-order chi connectivity index (χ1) is 4.83. The van der Waals surface area contributed by atoms with Crippen LogP contribution in [0.1, 0.15) is 0 Å². The Labute approximate surface area is 63.1 Å². The van der Waals surface area contributed by atoms with Crippen molar-refractivity contribution in [1.29, 1.82) is 0 Å². The van der Waals surface area contributed by atoms with Gasteiger partial charge in [-0.05, 0) is 7.05 Å². The molecule has 0 saturated carbocycles. The number of piperazine rings is 1. The van der Waals surface area contributed by atoms with Crippen LogP contribution in [-0.4, -0.2) is 49.6 Å². The van der Waals surface area contributed by atoms with E-state index < -0.39 is 0 Å². The van der Waals surface area contributed by atoms with E-state index >= 15 is 0 Å². The summed E-state index contributed by atoms with van der Waals surface area (Å²) in [6.45, 7) is 10.9. The van der Waals surface area contributed by atoms with Crippen molar-refractivity contribution in [2.24, 2.45) is 0 Å². The van der Waals surface area contributed by atoms with Gasteiger partial charge in [0.25, 0.3) is 0 Å². The van der Waals surface area contributed by atoms with E-state index in [0.717, 1.165) is 19.6 Å². The molecule has 1 radical (unpaired) electrons. The highest BCUT2D eigenvalue weighted by Gasteiger charge is 2.10. The summed E-state index contributed by atoms with van der Waals surface area (Å²) in [5.41, 5.74) is 0. The van der Waals surface area contributed by atoms with Crippen LogP contribution < -0.4 is 0 Å². The first-order valence-electron chi connectivity index (χ1n) is 3.77. The smallest absolute Gasteiger partial charge is 0.0167 e. The second-order valence-electron chi connectivity index (χ2n) is 2.84. The van der Waals surface area contributed by atoms with E-state index in [-0.39, 0.29) is 0 Å². The number of nitrogens with zero attached hydrogens (tertiary/aromatic N) is 2. The SMILES string of the molecule is [CH]=CCN1CCN(C)CC1. The minimum atomic E-state index is 0.938. The average Bonchev–Trinajstić information content (AvgIpc) is 1.95. The minimum absolute atomic E-state index is 0.938. The van der Waals surface area contributed by atoms with Crippen molar-refractivity contribution >= 4 is 0 Å². The maximum absolute atomic E-state index is 5.31. The summed E-state index contributed by atoms with van der Waals surface area (Å²) in [4.78, 5) is 4.70. The fourth-order valence-corrected chi connectivity index (χ4v) is 1.18. The largest absolute Gasteiger partial charge is 0.304 e. The standard InChI is InChI=1S/C8H15N2/c1-3-4-10-7-5-9(2)6-8-10/h1,3H,4-8H2,2H3. The molecule has 10 heavy (non-hydrogen) atoms. The molecule has 1 saturated heterocycles. The summed E-state index contributed by atoms with van der Waals surface area (Å²) in [5, 5.41) is 0. The summed E-state index contributed by atoms with van der Waals surface area (Å²) in [5.74, 6) is 0. The molecule has 0 spiro atoms. The van der Waals surface area contributed by atoms with E-state index in [9.17, 15) is 0 Å². The molecule has 0 aromatic heterocycles. The highest BCUT2D eigenvalue weighted by Crippen LogP contribution is 1.97. The van der Waals surface area contributed by atoms with Crippen molar-refractivity contribution in [2.45, 2.75) is 0 Å². The van der Waals surface area contributed by atoms with Gasteiger partial charge in [0.15, 0.2) is 0 Å². The third-order valence-electron chi connectivity index (χ3n) is 1.96. The fourth-order valence-electron chi connectivity index (χ4n) is 1.18. The quantitative estimate of drug-likeness (QED) is 0.540. The Bertz CT molecular complexity index is 104. The summed E-state index contributed by atoms with van der Waals surface area (Å²) in [6.07, 6.45) is 1.73. The van der Waals surface area contributed by atoms with Crippen molar-refractivity contribution < 1.29 is 0 Å². The van der Waals surface area contributed by atoms with Crippen molar-refractivity contribution in [3.8, 4) is 0 Å². The van der Waals surface area contributed by atoms with Gasteiger partial charge in [-0.3, -0.25) is 4.90 Å². The van der Waals surface area contributed by atoms with Crippen LogP contribution in [0.2, 0.25) is 0 Å². The first kappa shape index (κ1) is 7.76. The third-order valence-corrected chi connectivity index (χ3v) is 1.96. The lowest BCUT2D eigenvalue weighted by molar-refractivity contribution is 0.166. The zero-order chi connectivity index (χ0) is 7.40. The zero-order valence-corrected chi connectivity index (χ0v) is 6.58. The van der Waals surface area contributed by atoms with Crippen molar-refractivity contribution in [1.82, 2.24) is 9.80 Å². The minimum Gasteiger partial charge on any atom is -0.304 e. The molecular weight excluding hydrogens is 124 g/mol. The molecular formula is C8H15N2. The molecule has 0 aromatic carbocycles. The van der Waals surface area contributed by atoms with Crippen molar-refractivity contribution in [3.05, 3.63) is 12.7 Å². The lowest BCUT2D eigenvalue weighted by Gasteiger charge is -2.31. The molecule has 1 rings (SSSR count). The molecule has 1 aliphatic rings. The van der Waals surface area contributed by atoms with Gasteiger partial charge in [-0.1, -0.05) is 12.7 Å². The van der Waals surface area contributed by atoms with Crippen LogP contribution in [0, 0.1) is 6.58 Å². The van der Waals surface area contributed by atoms with E-state index in [1.807, 2.05) is 0 Å². The molecule has 2 heteroatoms. The van der Waals surface area contributed by atoms with Gasteiger partial charge in [0.2, 0.25) is 0 Å². The maximum atomic E-state index is 5.31. The van der Waals surface area contributed by atoms with Gasteiger partial charge in [-0.15, -0.1) is 0 Å². The lowest BCUT2D eigenvalue weighted by atomic mass is 10.3. The Morgan fingerprint density at radius 1 is 1.30 bits per heavy atom. The van der Waals surface area contributed by atoms with Crippen LogP contribution in [0.15, 0.2) is 6.08 Å². The predicted octanol–water partition coefficient (Wildman–Crippen LogP) is 0.223. The first-order valence-corrected chi connectivity index (χ1v) is 3.77. The molecule has 2 nitrogen and oxygen atoms in total. The lowest BCUT2D eigenvalue weighted by Crippen LogP contribution is -2.44.